The van der Waals surface area contributed by atoms with Gasteiger partial charge in [-0.2, -0.15) is 4.91 Å². The van der Waals surface area contributed by atoms with E-state index in [0.717, 1.165) is 5.75 Å². The molecule has 1 aromatic rings. The van der Waals surface area contributed by atoms with Gasteiger partial charge in [-0.25, -0.2) is 0 Å². The van der Waals surface area contributed by atoms with Gasteiger partial charge in [0.25, 0.3) is 0 Å². The number of para-hydroxylation sites is 1. The highest BCUT2D eigenvalue weighted by atomic mass is 16.5. The lowest BCUT2D eigenvalue weighted by Crippen LogP contribution is -1.98. The van der Waals surface area contributed by atoms with Crippen LogP contribution < -0.4 is 4.74 Å². The first kappa shape index (κ1) is 8.71. The minimum atomic E-state index is 0.326. The van der Waals surface area contributed by atoms with Crippen molar-refractivity contribution >= 4 is 0 Å². The first-order chi connectivity index (χ1) is 5.93. The number of hydrogen-bond donors (Lipinski definition) is 0. The van der Waals surface area contributed by atoms with Crippen molar-refractivity contribution in [1.29, 1.82) is 0 Å². The molecule has 0 heterocycles. The van der Waals surface area contributed by atoms with Crippen LogP contribution in [0.2, 0.25) is 0 Å². The molecule has 3 nitrogen and oxygen atoms in total. The fourth-order valence-electron chi connectivity index (χ4n) is 0.836. The summed E-state index contributed by atoms with van der Waals surface area (Å²) in [7, 11) is 0. The molecule has 0 bridgehead atoms. The number of nitroso groups, excluding NO2 is 1. The topological polar surface area (TPSA) is 38.7 Å². The van der Waals surface area contributed by atoms with E-state index in [1.165, 1.54) is 0 Å². The molecule has 0 saturated heterocycles. The maximum Gasteiger partial charge on any atom is 0.119 e. The Morgan fingerprint density at radius 1 is 1.25 bits per heavy atom. The summed E-state index contributed by atoms with van der Waals surface area (Å²) in [5.74, 6) is 0.836. The van der Waals surface area contributed by atoms with Crippen LogP contribution in [0.1, 0.15) is 6.42 Å². The van der Waals surface area contributed by atoms with Crippen LogP contribution in [-0.4, -0.2) is 13.2 Å². The van der Waals surface area contributed by atoms with E-state index < -0.39 is 0 Å². The van der Waals surface area contributed by atoms with E-state index in [0.29, 0.717) is 19.6 Å². The maximum atomic E-state index is 9.71. The molecule has 0 N–H and O–H groups in total. The van der Waals surface area contributed by atoms with Crippen molar-refractivity contribution in [2.45, 2.75) is 6.42 Å². The molecule has 12 heavy (non-hydrogen) atoms. The van der Waals surface area contributed by atoms with E-state index in [1.54, 1.807) is 0 Å². The molecule has 0 aliphatic heterocycles. The third-order valence-corrected chi connectivity index (χ3v) is 1.41. The fraction of sp³-hybridized carbons (Fsp3) is 0.333. The molecule has 0 amide bonds. The van der Waals surface area contributed by atoms with Crippen molar-refractivity contribution < 1.29 is 4.74 Å². The van der Waals surface area contributed by atoms with Crippen LogP contribution in [0.3, 0.4) is 0 Å². The number of ether oxygens (including phenoxy) is 1. The summed E-state index contributed by atoms with van der Waals surface area (Å²) in [4.78, 5) is 9.71. The molecule has 64 valence electrons. The Hall–Kier alpha value is -1.38. The largest absolute Gasteiger partial charge is 0.494 e. The van der Waals surface area contributed by atoms with E-state index in [2.05, 4.69) is 5.18 Å². The summed E-state index contributed by atoms with van der Waals surface area (Å²) >= 11 is 0. The van der Waals surface area contributed by atoms with E-state index in [-0.39, 0.29) is 0 Å². The second kappa shape index (κ2) is 5.29. The maximum absolute atomic E-state index is 9.71. The van der Waals surface area contributed by atoms with Crippen LogP contribution in [0.5, 0.6) is 5.75 Å². The van der Waals surface area contributed by atoms with Crippen LogP contribution >= 0.6 is 0 Å². The van der Waals surface area contributed by atoms with Gasteiger partial charge in [-0.15, -0.1) is 0 Å². The molecule has 0 fully saturated rings. The molecule has 0 atom stereocenters. The smallest absolute Gasteiger partial charge is 0.119 e. The van der Waals surface area contributed by atoms with Crippen molar-refractivity contribution in [2.75, 3.05) is 13.2 Å². The lowest BCUT2D eigenvalue weighted by atomic mass is 10.3. The van der Waals surface area contributed by atoms with E-state index in [4.69, 9.17) is 4.74 Å². The van der Waals surface area contributed by atoms with Crippen LogP contribution in [0, 0.1) is 4.91 Å². The Bertz CT molecular complexity index is 223. The summed E-state index contributed by atoms with van der Waals surface area (Å²) in [5.41, 5.74) is 0. The third-order valence-electron chi connectivity index (χ3n) is 1.41. The molecule has 0 unspecified atom stereocenters. The zero-order valence-corrected chi connectivity index (χ0v) is 6.77. The highest BCUT2D eigenvalue weighted by Gasteiger charge is 1.90. The lowest BCUT2D eigenvalue weighted by Gasteiger charge is -2.02. The predicted octanol–water partition coefficient (Wildman–Crippen LogP) is 2.22. The fourth-order valence-corrected chi connectivity index (χ4v) is 0.836. The molecule has 0 saturated carbocycles. The van der Waals surface area contributed by atoms with Crippen molar-refractivity contribution in [1.82, 2.24) is 0 Å². The highest BCUT2D eigenvalue weighted by molar-refractivity contribution is 5.20. The molecule has 1 aromatic carbocycles. The van der Waals surface area contributed by atoms with Gasteiger partial charge in [0.1, 0.15) is 5.75 Å². The van der Waals surface area contributed by atoms with Crippen molar-refractivity contribution in [3.63, 3.8) is 0 Å². The van der Waals surface area contributed by atoms with Gasteiger partial charge < -0.3 is 4.74 Å². The summed E-state index contributed by atoms with van der Waals surface area (Å²) in [6.45, 7) is 0.878. The van der Waals surface area contributed by atoms with Gasteiger partial charge in [-0.3, -0.25) is 0 Å². The van der Waals surface area contributed by atoms with Crippen LogP contribution in [-0.2, 0) is 0 Å². The van der Waals surface area contributed by atoms with Gasteiger partial charge in [0.2, 0.25) is 0 Å². The molecule has 0 aliphatic carbocycles. The van der Waals surface area contributed by atoms with E-state index >= 15 is 0 Å². The number of rotatable bonds is 5. The average Bonchev–Trinajstić information content (AvgIpc) is 2.14. The number of nitrogens with zero attached hydrogens (tertiary/aromatic N) is 1. The predicted molar refractivity (Wildman–Crippen MR) is 47.2 cm³/mol. The highest BCUT2D eigenvalue weighted by Crippen LogP contribution is 2.07. The molecular weight excluding hydrogens is 154 g/mol. The summed E-state index contributed by atoms with van der Waals surface area (Å²) in [5, 5.41) is 2.74. The molecule has 3 heteroatoms. The molecule has 1 rings (SSSR count). The minimum Gasteiger partial charge on any atom is -0.494 e. The zero-order valence-electron chi connectivity index (χ0n) is 6.77. The molecule has 0 radical (unpaired) electrons. The monoisotopic (exact) mass is 165 g/mol. The molecule has 0 aromatic heterocycles. The van der Waals surface area contributed by atoms with Gasteiger partial charge in [0.05, 0.1) is 13.2 Å². The molecule has 0 spiro atoms. The van der Waals surface area contributed by atoms with Crippen molar-refractivity contribution in [3.05, 3.63) is 35.2 Å². The van der Waals surface area contributed by atoms with Crippen LogP contribution in [0.15, 0.2) is 35.5 Å². The van der Waals surface area contributed by atoms with Gasteiger partial charge >= 0.3 is 0 Å². The quantitative estimate of drug-likeness (QED) is 0.495. The Kier molecular flexibility index (Phi) is 3.84. The van der Waals surface area contributed by atoms with Crippen LogP contribution in [0.25, 0.3) is 0 Å². The SMILES string of the molecule is O=NCCCOc1ccccc1. The Morgan fingerprint density at radius 3 is 2.67 bits per heavy atom. The summed E-state index contributed by atoms with van der Waals surface area (Å²) < 4.78 is 5.31. The van der Waals surface area contributed by atoms with Gasteiger partial charge in [0, 0.05) is 6.42 Å². The molecular formula is C9H11NO2. The van der Waals surface area contributed by atoms with Gasteiger partial charge in [-0.1, -0.05) is 23.4 Å². The Balaban J connectivity index is 2.20. The third kappa shape index (κ3) is 3.14. The van der Waals surface area contributed by atoms with E-state index in [9.17, 15) is 4.91 Å². The Labute approximate surface area is 71.3 Å². The zero-order chi connectivity index (χ0) is 8.65. The summed E-state index contributed by atoms with van der Waals surface area (Å²) in [6.07, 6.45) is 0.679. The summed E-state index contributed by atoms with van der Waals surface area (Å²) in [6, 6.07) is 9.52. The standard InChI is InChI=1S/C9H11NO2/c11-10-7-4-8-12-9-5-2-1-3-6-9/h1-3,5-6H,4,7-8H2. The van der Waals surface area contributed by atoms with Gasteiger partial charge in [-0.05, 0) is 12.1 Å². The van der Waals surface area contributed by atoms with Crippen molar-refractivity contribution in [3.8, 4) is 5.75 Å². The average molecular weight is 165 g/mol. The minimum absolute atomic E-state index is 0.326. The van der Waals surface area contributed by atoms with E-state index in [1.807, 2.05) is 30.3 Å². The lowest BCUT2D eigenvalue weighted by molar-refractivity contribution is 0.313. The second-order valence-corrected chi connectivity index (χ2v) is 2.37. The first-order valence-electron chi connectivity index (χ1n) is 3.90. The number of benzene rings is 1. The van der Waals surface area contributed by atoms with Crippen LogP contribution in [0.4, 0.5) is 0 Å². The first-order valence-corrected chi connectivity index (χ1v) is 3.90. The molecule has 0 aliphatic rings. The van der Waals surface area contributed by atoms with Gasteiger partial charge in [0.15, 0.2) is 0 Å². The number of hydrogen-bond acceptors (Lipinski definition) is 3. The second-order valence-electron chi connectivity index (χ2n) is 2.37. The Morgan fingerprint density at radius 2 is 2.00 bits per heavy atom. The normalized spacial score (nSPS) is 9.33. The van der Waals surface area contributed by atoms with Crippen molar-refractivity contribution in [2.24, 2.45) is 5.18 Å².